The van der Waals surface area contributed by atoms with Crippen LogP contribution in [0.4, 0.5) is 0 Å². The number of hydrogen-bond acceptors (Lipinski definition) is 1. The number of aliphatic carboxylic acids is 1. The van der Waals surface area contributed by atoms with Crippen LogP contribution in [0.3, 0.4) is 0 Å². The number of carboxylic acid groups (broad SMARTS) is 1. The van der Waals surface area contributed by atoms with Crippen LogP contribution in [0.15, 0.2) is 60.7 Å². The first-order valence-electron chi connectivity index (χ1n) is 5.74. The summed E-state index contributed by atoms with van der Waals surface area (Å²) in [7, 11) is 0. The molecule has 90 valence electrons. The minimum absolute atomic E-state index is 0.833. The van der Waals surface area contributed by atoms with E-state index in [0.29, 0.717) is 0 Å². The minimum atomic E-state index is -0.833. The third kappa shape index (κ3) is 2.66. The van der Waals surface area contributed by atoms with Crippen molar-refractivity contribution in [1.29, 1.82) is 0 Å². The maximum Gasteiger partial charge on any atom is 0.300 e. The standard InChI is InChI=1S/C14H10.C2H4O2/c1-3-7-13-11(5-1)9-10-12-6-2-4-8-14(12)13;1-2(3)4/h1-10H;1H3,(H,3,4). The number of benzene rings is 3. The lowest BCUT2D eigenvalue weighted by atomic mass is 10.0. The molecule has 0 aliphatic carbocycles. The Morgan fingerprint density at radius 3 is 1.50 bits per heavy atom. The lowest BCUT2D eigenvalue weighted by Gasteiger charge is -2.02. The van der Waals surface area contributed by atoms with Crippen LogP contribution in [0, 0.1) is 0 Å². The molecule has 3 rings (SSSR count). The third-order valence-electron chi connectivity index (χ3n) is 2.65. The van der Waals surface area contributed by atoms with Gasteiger partial charge >= 0.3 is 0 Å². The molecule has 0 amide bonds. The molecule has 0 unspecified atom stereocenters. The number of fused-ring (bicyclic) bond motifs is 3. The molecule has 0 bridgehead atoms. The number of rotatable bonds is 0. The SMILES string of the molecule is CC(=O)O.c1ccc2c(c1)ccc1ccccc12. The Morgan fingerprint density at radius 2 is 1.11 bits per heavy atom. The maximum absolute atomic E-state index is 9.00. The van der Waals surface area contributed by atoms with E-state index >= 15 is 0 Å². The van der Waals surface area contributed by atoms with E-state index in [1.807, 2.05) is 0 Å². The Labute approximate surface area is 105 Å². The van der Waals surface area contributed by atoms with Gasteiger partial charge < -0.3 is 5.11 Å². The molecule has 0 aromatic heterocycles. The van der Waals surface area contributed by atoms with Gasteiger partial charge in [0.25, 0.3) is 5.97 Å². The van der Waals surface area contributed by atoms with Crippen molar-refractivity contribution < 1.29 is 9.90 Å². The van der Waals surface area contributed by atoms with E-state index < -0.39 is 5.97 Å². The fourth-order valence-corrected chi connectivity index (χ4v) is 1.95. The van der Waals surface area contributed by atoms with Crippen LogP contribution < -0.4 is 0 Å². The zero-order chi connectivity index (χ0) is 13.0. The average Bonchev–Trinajstić information content (AvgIpc) is 2.38. The highest BCUT2D eigenvalue weighted by atomic mass is 16.4. The smallest absolute Gasteiger partial charge is 0.300 e. The Kier molecular flexibility index (Phi) is 3.58. The van der Waals surface area contributed by atoms with Crippen molar-refractivity contribution in [2.45, 2.75) is 6.92 Å². The number of hydrogen-bond donors (Lipinski definition) is 1. The molecule has 0 aliphatic heterocycles. The second-order valence-corrected chi connectivity index (χ2v) is 4.03. The number of carbonyl (C=O) groups is 1. The molecule has 0 heterocycles. The summed E-state index contributed by atoms with van der Waals surface area (Å²) in [5.74, 6) is -0.833. The van der Waals surface area contributed by atoms with E-state index in [-0.39, 0.29) is 0 Å². The second kappa shape index (κ2) is 5.32. The van der Waals surface area contributed by atoms with Gasteiger partial charge in [-0.1, -0.05) is 60.7 Å². The first-order valence-corrected chi connectivity index (χ1v) is 5.74. The Morgan fingerprint density at radius 1 is 0.778 bits per heavy atom. The summed E-state index contributed by atoms with van der Waals surface area (Å²) in [6, 6.07) is 21.4. The summed E-state index contributed by atoms with van der Waals surface area (Å²) in [4.78, 5) is 9.00. The monoisotopic (exact) mass is 238 g/mol. The summed E-state index contributed by atoms with van der Waals surface area (Å²) in [5, 5.41) is 12.7. The van der Waals surface area contributed by atoms with E-state index in [2.05, 4.69) is 60.7 Å². The van der Waals surface area contributed by atoms with Gasteiger partial charge in [0.1, 0.15) is 0 Å². The molecule has 0 atom stereocenters. The molecule has 3 aromatic rings. The third-order valence-corrected chi connectivity index (χ3v) is 2.65. The topological polar surface area (TPSA) is 37.3 Å². The minimum Gasteiger partial charge on any atom is -0.481 e. The average molecular weight is 238 g/mol. The molecule has 0 saturated carbocycles. The summed E-state index contributed by atoms with van der Waals surface area (Å²) in [6.07, 6.45) is 0. The van der Waals surface area contributed by atoms with Crippen molar-refractivity contribution in [3.05, 3.63) is 60.7 Å². The van der Waals surface area contributed by atoms with Crippen molar-refractivity contribution in [2.24, 2.45) is 0 Å². The molecule has 0 fully saturated rings. The lowest BCUT2D eigenvalue weighted by Crippen LogP contribution is -1.78. The van der Waals surface area contributed by atoms with Crippen molar-refractivity contribution >= 4 is 27.5 Å². The van der Waals surface area contributed by atoms with E-state index in [9.17, 15) is 0 Å². The van der Waals surface area contributed by atoms with Crippen LogP contribution in [0.25, 0.3) is 21.5 Å². The van der Waals surface area contributed by atoms with Gasteiger partial charge in [-0.15, -0.1) is 0 Å². The largest absolute Gasteiger partial charge is 0.481 e. The zero-order valence-corrected chi connectivity index (χ0v) is 10.1. The molecule has 2 nitrogen and oxygen atoms in total. The maximum atomic E-state index is 9.00. The van der Waals surface area contributed by atoms with Gasteiger partial charge in [-0.2, -0.15) is 0 Å². The molecular formula is C16H14O2. The lowest BCUT2D eigenvalue weighted by molar-refractivity contribution is -0.134. The molecule has 0 saturated heterocycles. The predicted octanol–water partition coefficient (Wildman–Crippen LogP) is 4.08. The summed E-state index contributed by atoms with van der Waals surface area (Å²) < 4.78 is 0. The van der Waals surface area contributed by atoms with Crippen LogP contribution in [-0.4, -0.2) is 11.1 Å². The van der Waals surface area contributed by atoms with Gasteiger partial charge in [0.05, 0.1) is 0 Å². The Balaban J connectivity index is 0.000000267. The fourth-order valence-electron chi connectivity index (χ4n) is 1.95. The predicted molar refractivity (Wildman–Crippen MR) is 74.8 cm³/mol. The summed E-state index contributed by atoms with van der Waals surface area (Å²) in [6.45, 7) is 1.08. The van der Waals surface area contributed by atoms with Gasteiger partial charge in [-0.25, -0.2) is 0 Å². The Hall–Kier alpha value is -2.35. The molecule has 1 N–H and O–H groups in total. The van der Waals surface area contributed by atoms with Crippen molar-refractivity contribution in [3.63, 3.8) is 0 Å². The molecule has 18 heavy (non-hydrogen) atoms. The highest BCUT2D eigenvalue weighted by molar-refractivity contribution is 6.07. The first-order chi connectivity index (χ1) is 8.68. The number of carboxylic acids is 1. The molecular weight excluding hydrogens is 224 g/mol. The fraction of sp³-hybridized carbons (Fsp3) is 0.0625. The van der Waals surface area contributed by atoms with Crippen LogP contribution in [-0.2, 0) is 4.79 Å². The van der Waals surface area contributed by atoms with Crippen molar-refractivity contribution in [1.82, 2.24) is 0 Å². The van der Waals surface area contributed by atoms with Gasteiger partial charge in [-0.05, 0) is 21.5 Å². The van der Waals surface area contributed by atoms with Gasteiger partial charge in [0.2, 0.25) is 0 Å². The van der Waals surface area contributed by atoms with Crippen molar-refractivity contribution in [2.75, 3.05) is 0 Å². The van der Waals surface area contributed by atoms with Crippen LogP contribution in [0.5, 0.6) is 0 Å². The molecule has 0 radical (unpaired) electrons. The van der Waals surface area contributed by atoms with Crippen LogP contribution >= 0.6 is 0 Å². The summed E-state index contributed by atoms with van der Waals surface area (Å²) >= 11 is 0. The van der Waals surface area contributed by atoms with E-state index in [1.54, 1.807) is 0 Å². The van der Waals surface area contributed by atoms with E-state index in [0.717, 1.165) is 6.92 Å². The van der Waals surface area contributed by atoms with E-state index in [1.165, 1.54) is 21.5 Å². The van der Waals surface area contributed by atoms with Crippen LogP contribution in [0.2, 0.25) is 0 Å². The molecule has 0 spiro atoms. The zero-order valence-electron chi connectivity index (χ0n) is 10.1. The second-order valence-electron chi connectivity index (χ2n) is 4.03. The van der Waals surface area contributed by atoms with Gasteiger partial charge in [-0.3, -0.25) is 4.79 Å². The van der Waals surface area contributed by atoms with Crippen LogP contribution in [0.1, 0.15) is 6.92 Å². The highest BCUT2D eigenvalue weighted by Gasteiger charge is 1.97. The van der Waals surface area contributed by atoms with Gasteiger partial charge in [0.15, 0.2) is 0 Å². The quantitative estimate of drug-likeness (QED) is 0.599. The van der Waals surface area contributed by atoms with Gasteiger partial charge in [0, 0.05) is 6.92 Å². The van der Waals surface area contributed by atoms with Crippen molar-refractivity contribution in [3.8, 4) is 0 Å². The molecule has 3 aromatic carbocycles. The Bertz CT molecular complexity index is 628. The highest BCUT2D eigenvalue weighted by Crippen LogP contribution is 2.24. The molecule has 2 heteroatoms. The molecule has 0 aliphatic rings. The normalized spacial score (nSPS) is 9.83. The first kappa shape index (κ1) is 12.1. The van der Waals surface area contributed by atoms with E-state index in [4.69, 9.17) is 9.90 Å². The summed E-state index contributed by atoms with van der Waals surface area (Å²) in [5.41, 5.74) is 0.